The topological polar surface area (TPSA) is 64.1 Å². The first kappa shape index (κ1) is 14.2. The molecule has 0 aliphatic heterocycles. The second kappa shape index (κ2) is 5.83. The first-order valence-electron chi connectivity index (χ1n) is 5.77. The van der Waals surface area contributed by atoms with Gasteiger partial charge in [0.1, 0.15) is 6.61 Å². The van der Waals surface area contributed by atoms with Crippen LogP contribution in [0, 0.1) is 0 Å². The first-order chi connectivity index (χ1) is 8.95. The summed E-state index contributed by atoms with van der Waals surface area (Å²) in [7, 11) is 0. The van der Waals surface area contributed by atoms with Gasteiger partial charge in [0.25, 0.3) is 5.91 Å². The van der Waals surface area contributed by atoms with Crippen molar-refractivity contribution in [2.24, 2.45) is 0 Å². The molecule has 5 nitrogen and oxygen atoms in total. The van der Waals surface area contributed by atoms with Crippen molar-refractivity contribution in [1.29, 1.82) is 0 Å². The normalized spacial score (nSPS) is 16.8. The Balaban J connectivity index is 1.80. The zero-order chi connectivity index (χ0) is 13.9. The van der Waals surface area contributed by atoms with E-state index in [4.69, 9.17) is 4.74 Å². The maximum Gasteiger partial charge on any atom is 0.445 e. The number of carbonyl (C=O) groups is 1. The van der Waals surface area contributed by atoms with Crippen LogP contribution in [0.25, 0.3) is 0 Å². The second-order valence-corrected chi connectivity index (χ2v) is 5.15. The predicted molar refractivity (Wildman–Crippen MR) is 61.7 cm³/mol. The molecule has 0 bridgehead atoms. The van der Waals surface area contributed by atoms with Crippen molar-refractivity contribution < 1.29 is 22.7 Å². The number of anilines is 1. The lowest BCUT2D eigenvalue weighted by Gasteiger charge is -2.09. The molecule has 1 heterocycles. The van der Waals surface area contributed by atoms with Crippen LogP contribution in [0.3, 0.4) is 0 Å². The van der Waals surface area contributed by atoms with Gasteiger partial charge < -0.3 is 4.74 Å². The fraction of sp³-hybridized carbons (Fsp3) is 0.700. The van der Waals surface area contributed by atoms with E-state index in [2.05, 4.69) is 15.5 Å². The average molecular weight is 295 g/mol. The van der Waals surface area contributed by atoms with Crippen molar-refractivity contribution in [1.82, 2.24) is 10.2 Å². The molecule has 1 amide bonds. The monoisotopic (exact) mass is 295 g/mol. The highest BCUT2D eigenvalue weighted by Gasteiger charge is 2.35. The maximum atomic E-state index is 12.3. The molecule has 0 spiro atoms. The highest BCUT2D eigenvalue weighted by Crippen LogP contribution is 2.32. The van der Waals surface area contributed by atoms with Crippen LogP contribution >= 0.6 is 11.3 Å². The molecule has 0 saturated heterocycles. The molecule has 19 heavy (non-hydrogen) atoms. The van der Waals surface area contributed by atoms with Gasteiger partial charge in [-0.2, -0.15) is 13.2 Å². The minimum absolute atomic E-state index is 0.0749. The van der Waals surface area contributed by atoms with E-state index in [0.29, 0.717) is 11.3 Å². The van der Waals surface area contributed by atoms with Gasteiger partial charge in [-0.25, -0.2) is 0 Å². The number of alkyl halides is 3. The number of amides is 1. The molecule has 0 atom stereocenters. The van der Waals surface area contributed by atoms with E-state index < -0.39 is 17.1 Å². The Bertz CT molecular complexity index is 443. The first-order valence-corrected chi connectivity index (χ1v) is 6.59. The quantitative estimate of drug-likeness (QED) is 0.926. The van der Waals surface area contributed by atoms with Crippen molar-refractivity contribution >= 4 is 22.4 Å². The summed E-state index contributed by atoms with van der Waals surface area (Å²) in [6.07, 6.45) is -0.462. The number of ether oxygens (including phenoxy) is 1. The van der Waals surface area contributed by atoms with Gasteiger partial charge in [-0.1, -0.05) is 24.2 Å². The summed E-state index contributed by atoms with van der Waals surface area (Å²) in [6.45, 7) is -0.175. The predicted octanol–water partition coefficient (Wildman–Crippen LogP) is 2.45. The molecule has 1 saturated carbocycles. The molecule has 1 aliphatic carbocycles. The number of halogens is 3. The number of aromatic nitrogens is 2. The van der Waals surface area contributed by atoms with Gasteiger partial charge in [0, 0.05) is 0 Å². The van der Waals surface area contributed by atoms with Gasteiger partial charge in [0.2, 0.25) is 10.1 Å². The standard InChI is InChI=1S/C10H12F3N3O2S/c11-10(12,13)8-15-16-9(19-8)14-7(17)5-18-6-3-1-2-4-6/h6H,1-5H2,(H,14,16,17). The van der Waals surface area contributed by atoms with Gasteiger partial charge in [0.15, 0.2) is 0 Å². The molecule has 1 fully saturated rings. The lowest BCUT2D eigenvalue weighted by Crippen LogP contribution is -2.21. The lowest BCUT2D eigenvalue weighted by atomic mass is 10.3. The number of nitrogens with one attached hydrogen (secondary N) is 1. The SMILES string of the molecule is O=C(COC1CCCC1)Nc1nnc(C(F)(F)F)s1. The Morgan fingerprint density at radius 3 is 2.63 bits per heavy atom. The summed E-state index contributed by atoms with van der Waals surface area (Å²) < 4.78 is 42.1. The van der Waals surface area contributed by atoms with E-state index in [1.54, 1.807) is 0 Å². The number of hydrogen-bond donors (Lipinski definition) is 1. The van der Waals surface area contributed by atoms with Crippen LogP contribution in [0.2, 0.25) is 0 Å². The summed E-state index contributed by atoms with van der Waals surface area (Å²) in [4.78, 5) is 11.4. The fourth-order valence-corrected chi connectivity index (χ4v) is 2.42. The highest BCUT2D eigenvalue weighted by molar-refractivity contribution is 7.15. The van der Waals surface area contributed by atoms with Crippen LogP contribution in [0.1, 0.15) is 30.7 Å². The number of nitrogens with zero attached hydrogens (tertiary/aromatic N) is 2. The Kier molecular flexibility index (Phi) is 4.35. The molecule has 0 aromatic carbocycles. The average Bonchev–Trinajstić information content (AvgIpc) is 2.95. The molecule has 1 aromatic rings. The molecule has 1 aliphatic rings. The van der Waals surface area contributed by atoms with Gasteiger partial charge in [-0.3, -0.25) is 10.1 Å². The van der Waals surface area contributed by atoms with Crippen molar-refractivity contribution in [3.8, 4) is 0 Å². The van der Waals surface area contributed by atoms with Crippen LogP contribution < -0.4 is 5.32 Å². The summed E-state index contributed by atoms with van der Waals surface area (Å²) in [6, 6.07) is 0. The molecule has 1 aromatic heterocycles. The van der Waals surface area contributed by atoms with Crippen LogP contribution in [0.4, 0.5) is 18.3 Å². The maximum absolute atomic E-state index is 12.3. The van der Waals surface area contributed by atoms with Crippen LogP contribution in [-0.2, 0) is 15.7 Å². The van der Waals surface area contributed by atoms with Crippen LogP contribution in [0.15, 0.2) is 0 Å². The number of carbonyl (C=O) groups excluding carboxylic acids is 1. The summed E-state index contributed by atoms with van der Waals surface area (Å²) in [5.74, 6) is -0.517. The third-order valence-corrected chi connectivity index (χ3v) is 3.55. The van der Waals surface area contributed by atoms with Crippen molar-refractivity contribution in [3.63, 3.8) is 0 Å². The number of hydrogen-bond acceptors (Lipinski definition) is 5. The fourth-order valence-electron chi connectivity index (χ4n) is 1.79. The Hall–Kier alpha value is -1.22. The van der Waals surface area contributed by atoms with Crippen LogP contribution in [-0.4, -0.2) is 28.8 Å². The molecule has 106 valence electrons. The van der Waals surface area contributed by atoms with Crippen molar-refractivity contribution in [2.75, 3.05) is 11.9 Å². The van der Waals surface area contributed by atoms with Gasteiger partial charge in [-0.05, 0) is 12.8 Å². The van der Waals surface area contributed by atoms with E-state index in [0.717, 1.165) is 25.7 Å². The van der Waals surface area contributed by atoms with E-state index in [1.807, 2.05) is 0 Å². The minimum Gasteiger partial charge on any atom is -0.368 e. The third-order valence-electron chi connectivity index (χ3n) is 2.67. The molecular weight excluding hydrogens is 283 g/mol. The number of rotatable bonds is 4. The zero-order valence-electron chi connectivity index (χ0n) is 9.87. The van der Waals surface area contributed by atoms with Gasteiger partial charge >= 0.3 is 6.18 Å². The second-order valence-electron chi connectivity index (χ2n) is 4.18. The van der Waals surface area contributed by atoms with E-state index in [9.17, 15) is 18.0 Å². The lowest BCUT2D eigenvalue weighted by molar-refractivity contribution is -0.138. The molecule has 0 radical (unpaired) electrons. The van der Waals surface area contributed by atoms with Crippen molar-refractivity contribution in [2.45, 2.75) is 38.0 Å². The van der Waals surface area contributed by atoms with Crippen molar-refractivity contribution in [3.05, 3.63) is 5.01 Å². The smallest absolute Gasteiger partial charge is 0.368 e. The molecular formula is C10H12F3N3O2S. The van der Waals surface area contributed by atoms with E-state index in [1.165, 1.54) is 0 Å². The summed E-state index contributed by atoms with van der Waals surface area (Å²) >= 11 is 0.292. The van der Waals surface area contributed by atoms with Gasteiger partial charge in [-0.15, -0.1) is 10.2 Å². The minimum atomic E-state index is -4.54. The molecule has 9 heteroatoms. The van der Waals surface area contributed by atoms with E-state index in [-0.39, 0.29) is 17.8 Å². The molecule has 2 rings (SSSR count). The summed E-state index contributed by atoms with van der Waals surface area (Å²) in [5.41, 5.74) is 0. The van der Waals surface area contributed by atoms with E-state index >= 15 is 0 Å². The Morgan fingerprint density at radius 2 is 2.05 bits per heavy atom. The Labute approximate surface area is 111 Å². The largest absolute Gasteiger partial charge is 0.445 e. The summed E-state index contributed by atoms with van der Waals surface area (Å²) in [5, 5.41) is 7.21. The zero-order valence-corrected chi connectivity index (χ0v) is 10.7. The molecule has 1 N–H and O–H groups in total. The van der Waals surface area contributed by atoms with Crippen LogP contribution in [0.5, 0.6) is 0 Å². The van der Waals surface area contributed by atoms with Gasteiger partial charge in [0.05, 0.1) is 6.10 Å². The highest BCUT2D eigenvalue weighted by atomic mass is 32.1. The Morgan fingerprint density at radius 1 is 1.37 bits per heavy atom. The molecule has 0 unspecified atom stereocenters. The third kappa shape index (κ3) is 4.13.